The molecule has 8 nitrogen and oxygen atoms in total. The molecule has 2 aromatic heterocycles. The molecule has 0 saturated heterocycles. The van der Waals surface area contributed by atoms with Crippen LogP contribution in [-0.2, 0) is 29.0 Å². The first-order chi connectivity index (χ1) is 12.1. The van der Waals surface area contributed by atoms with E-state index in [0.29, 0.717) is 6.61 Å². The number of H-pyrrole nitrogens is 1. The van der Waals surface area contributed by atoms with Gasteiger partial charge in [-0.1, -0.05) is 0 Å². The summed E-state index contributed by atoms with van der Waals surface area (Å²) >= 11 is 0. The first kappa shape index (κ1) is 17.6. The van der Waals surface area contributed by atoms with E-state index in [9.17, 15) is 4.79 Å². The zero-order valence-electron chi connectivity index (χ0n) is 15.1. The second-order valence-corrected chi connectivity index (χ2v) is 6.60. The highest BCUT2D eigenvalue weighted by molar-refractivity contribution is 5.76. The van der Waals surface area contributed by atoms with E-state index in [1.54, 1.807) is 14.1 Å². The van der Waals surface area contributed by atoms with Gasteiger partial charge in [-0.2, -0.15) is 5.10 Å². The summed E-state index contributed by atoms with van der Waals surface area (Å²) in [6, 6.07) is 0.258. The van der Waals surface area contributed by atoms with Gasteiger partial charge in [0.25, 0.3) is 0 Å². The van der Waals surface area contributed by atoms with Gasteiger partial charge in [-0.25, -0.2) is 4.98 Å². The first-order valence-electron chi connectivity index (χ1n) is 8.60. The summed E-state index contributed by atoms with van der Waals surface area (Å²) in [7, 11) is 3.46. The summed E-state index contributed by atoms with van der Waals surface area (Å²) in [6.45, 7) is 5.61. The summed E-state index contributed by atoms with van der Waals surface area (Å²) in [5.74, 6) is 1.08. The van der Waals surface area contributed by atoms with E-state index in [2.05, 4.69) is 31.6 Å². The Morgan fingerprint density at radius 3 is 2.96 bits per heavy atom. The number of aromatic amines is 1. The molecule has 25 heavy (non-hydrogen) atoms. The molecule has 0 radical (unpaired) electrons. The highest BCUT2D eigenvalue weighted by atomic mass is 16.5. The maximum atomic E-state index is 11.5. The van der Waals surface area contributed by atoms with Gasteiger partial charge in [-0.15, -0.1) is 0 Å². The van der Waals surface area contributed by atoms with Crippen LogP contribution >= 0.6 is 0 Å². The van der Waals surface area contributed by atoms with Crippen LogP contribution in [0.5, 0.6) is 0 Å². The molecule has 1 aliphatic heterocycles. The van der Waals surface area contributed by atoms with Crippen molar-refractivity contribution in [1.29, 1.82) is 0 Å². The molecule has 0 unspecified atom stereocenters. The van der Waals surface area contributed by atoms with Crippen LogP contribution in [0.1, 0.15) is 30.0 Å². The van der Waals surface area contributed by atoms with Crippen LogP contribution < -0.4 is 0 Å². The van der Waals surface area contributed by atoms with Crippen molar-refractivity contribution >= 4 is 5.91 Å². The summed E-state index contributed by atoms with van der Waals surface area (Å²) in [4.78, 5) is 20.1. The van der Waals surface area contributed by atoms with E-state index in [1.165, 1.54) is 16.2 Å². The molecule has 1 amide bonds. The van der Waals surface area contributed by atoms with Gasteiger partial charge in [0, 0.05) is 63.8 Å². The van der Waals surface area contributed by atoms with E-state index >= 15 is 0 Å². The minimum Gasteiger partial charge on any atom is -0.371 e. The molecule has 0 aromatic carbocycles. The van der Waals surface area contributed by atoms with Gasteiger partial charge in [0.05, 0.1) is 18.8 Å². The van der Waals surface area contributed by atoms with Crippen LogP contribution in [0, 0.1) is 0 Å². The van der Waals surface area contributed by atoms with E-state index in [4.69, 9.17) is 4.74 Å². The number of carbonyl (C=O) groups excluding carboxylic acids is 1. The van der Waals surface area contributed by atoms with E-state index in [1.807, 2.05) is 18.6 Å². The Labute approximate surface area is 147 Å². The van der Waals surface area contributed by atoms with Crippen molar-refractivity contribution in [3.05, 3.63) is 35.7 Å². The van der Waals surface area contributed by atoms with Crippen molar-refractivity contribution in [2.75, 3.05) is 33.9 Å². The van der Waals surface area contributed by atoms with Gasteiger partial charge in [0.2, 0.25) is 5.91 Å². The molecule has 1 N–H and O–H groups in total. The quantitative estimate of drug-likeness (QED) is 0.751. The number of aromatic nitrogens is 4. The number of carbonyl (C=O) groups is 1. The summed E-state index contributed by atoms with van der Waals surface area (Å²) in [6.07, 6.45) is 6.50. The molecule has 0 aliphatic carbocycles. The van der Waals surface area contributed by atoms with Crippen LogP contribution in [-0.4, -0.2) is 69.3 Å². The fourth-order valence-corrected chi connectivity index (χ4v) is 3.08. The number of nitrogens with one attached hydrogen (secondary N) is 1. The van der Waals surface area contributed by atoms with E-state index in [-0.39, 0.29) is 18.6 Å². The van der Waals surface area contributed by atoms with Gasteiger partial charge in [0.1, 0.15) is 12.4 Å². The van der Waals surface area contributed by atoms with Crippen molar-refractivity contribution < 1.29 is 9.53 Å². The fraction of sp³-hybridized carbons (Fsp3) is 0.588. The third kappa shape index (κ3) is 4.08. The number of hydrogen-bond donors (Lipinski definition) is 1. The lowest BCUT2D eigenvalue weighted by atomic mass is 10.2. The standard InChI is InChI=1S/C17H26N6O2/c1-13-17-18-10-15(4-7-25-12-16(24)21(2)3)23(17)6-5-22(13)11-14-8-19-20-9-14/h8-10,13H,4-7,11-12H2,1-3H3,(H,19,20)/t13-/m0/s1. The van der Waals surface area contributed by atoms with Crippen molar-refractivity contribution in [3.63, 3.8) is 0 Å². The molecule has 3 rings (SSSR count). The molecule has 8 heteroatoms. The number of rotatable bonds is 7. The molecular weight excluding hydrogens is 320 g/mol. The predicted molar refractivity (Wildman–Crippen MR) is 92.9 cm³/mol. The first-order valence-corrected chi connectivity index (χ1v) is 8.60. The van der Waals surface area contributed by atoms with Crippen molar-refractivity contribution in [2.45, 2.75) is 32.5 Å². The lowest BCUT2D eigenvalue weighted by molar-refractivity contribution is -0.133. The fourth-order valence-electron chi connectivity index (χ4n) is 3.08. The topological polar surface area (TPSA) is 79.3 Å². The monoisotopic (exact) mass is 346 g/mol. The van der Waals surface area contributed by atoms with Crippen LogP contribution in [0.3, 0.4) is 0 Å². The maximum Gasteiger partial charge on any atom is 0.248 e. The highest BCUT2D eigenvalue weighted by Gasteiger charge is 2.27. The van der Waals surface area contributed by atoms with Crippen molar-refractivity contribution in [2.24, 2.45) is 0 Å². The smallest absolute Gasteiger partial charge is 0.248 e. The summed E-state index contributed by atoms with van der Waals surface area (Å²) in [5, 5.41) is 6.88. The third-order valence-corrected chi connectivity index (χ3v) is 4.67. The molecule has 3 heterocycles. The van der Waals surface area contributed by atoms with Crippen LogP contribution in [0.2, 0.25) is 0 Å². The van der Waals surface area contributed by atoms with Crippen molar-refractivity contribution in [1.82, 2.24) is 29.5 Å². The molecular formula is C17H26N6O2. The zero-order valence-corrected chi connectivity index (χ0v) is 15.1. The summed E-state index contributed by atoms with van der Waals surface area (Å²) in [5.41, 5.74) is 2.35. The van der Waals surface area contributed by atoms with Gasteiger partial charge < -0.3 is 14.2 Å². The molecule has 136 valence electrons. The molecule has 2 aromatic rings. The molecule has 0 fully saturated rings. The predicted octanol–water partition coefficient (Wildman–Crippen LogP) is 0.830. The molecule has 0 bridgehead atoms. The van der Waals surface area contributed by atoms with Crippen LogP contribution in [0.15, 0.2) is 18.6 Å². The second-order valence-electron chi connectivity index (χ2n) is 6.60. The van der Waals surface area contributed by atoms with Gasteiger partial charge in [0.15, 0.2) is 0 Å². The number of nitrogens with zero attached hydrogens (tertiary/aromatic N) is 5. The average molecular weight is 346 g/mol. The number of ether oxygens (including phenoxy) is 1. The Balaban J connectivity index is 1.55. The van der Waals surface area contributed by atoms with E-state index in [0.717, 1.165) is 31.9 Å². The minimum atomic E-state index is -0.0150. The Kier molecular flexibility index (Phi) is 5.50. The van der Waals surface area contributed by atoms with Gasteiger partial charge in [-0.05, 0) is 6.92 Å². The lowest BCUT2D eigenvalue weighted by Crippen LogP contribution is -2.37. The van der Waals surface area contributed by atoms with Gasteiger partial charge in [-0.3, -0.25) is 14.8 Å². The van der Waals surface area contributed by atoms with Crippen LogP contribution in [0.25, 0.3) is 0 Å². The highest BCUT2D eigenvalue weighted by Crippen LogP contribution is 2.26. The largest absolute Gasteiger partial charge is 0.371 e. The number of likely N-dealkylation sites (N-methyl/N-ethyl adjacent to an activating group) is 1. The Hall–Kier alpha value is -2.19. The second kappa shape index (κ2) is 7.79. The third-order valence-electron chi connectivity index (χ3n) is 4.67. The molecule has 0 spiro atoms. The van der Waals surface area contributed by atoms with Crippen LogP contribution in [0.4, 0.5) is 0 Å². The normalized spacial score (nSPS) is 17.5. The maximum absolute atomic E-state index is 11.5. The van der Waals surface area contributed by atoms with E-state index < -0.39 is 0 Å². The van der Waals surface area contributed by atoms with Crippen molar-refractivity contribution in [3.8, 4) is 0 Å². The number of hydrogen-bond acceptors (Lipinski definition) is 5. The minimum absolute atomic E-state index is 0.0150. The molecule has 0 saturated carbocycles. The lowest BCUT2D eigenvalue weighted by Gasteiger charge is -2.34. The Morgan fingerprint density at radius 1 is 1.40 bits per heavy atom. The molecule has 1 atom stereocenters. The SMILES string of the molecule is C[C@H]1c2ncc(CCOCC(=O)N(C)C)n2CCN1Cc1cn[nH]c1. The summed E-state index contributed by atoms with van der Waals surface area (Å²) < 4.78 is 7.77. The number of amides is 1. The zero-order chi connectivity index (χ0) is 17.8. The number of fused-ring (bicyclic) bond motifs is 1. The van der Waals surface area contributed by atoms with Gasteiger partial charge >= 0.3 is 0 Å². The molecule has 1 aliphatic rings. The Morgan fingerprint density at radius 2 is 2.24 bits per heavy atom. The average Bonchev–Trinajstić information content (AvgIpc) is 3.24. The number of imidazole rings is 1. The Bertz CT molecular complexity index is 694.